The molecule has 1 aromatic heterocycles. The zero-order valence-electron chi connectivity index (χ0n) is 9.12. The summed E-state index contributed by atoms with van der Waals surface area (Å²) >= 11 is 5.76. The van der Waals surface area contributed by atoms with Crippen LogP contribution in [0, 0.1) is 6.92 Å². The Morgan fingerprint density at radius 1 is 1.40 bits per heavy atom. The maximum atomic E-state index is 11.9. The molecule has 0 bridgehead atoms. The van der Waals surface area contributed by atoms with E-state index in [0.717, 1.165) is 0 Å². The number of amides is 1. The summed E-state index contributed by atoms with van der Waals surface area (Å²) in [5.74, 6) is 0.408. The van der Waals surface area contributed by atoms with Crippen molar-refractivity contribution < 1.29 is 4.79 Å². The normalized spacial score (nSPS) is 10.1. The average molecular weight is 228 g/mol. The van der Waals surface area contributed by atoms with E-state index in [-0.39, 0.29) is 5.91 Å². The molecule has 0 atom stereocenters. The third kappa shape index (κ3) is 2.89. The fraction of sp³-hybridized carbons (Fsp3) is 0.500. The lowest BCUT2D eigenvalue weighted by atomic mass is 10.3. The van der Waals surface area contributed by atoms with Crippen molar-refractivity contribution >= 4 is 17.5 Å². The van der Waals surface area contributed by atoms with Gasteiger partial charge in [-0.2, -0.15) is 0 Å². The second-order valence-corrected chi connectivity index (χ2v) is 3.49. The van der Waals surface area contributed by atoms with Crippen molar-refractivity contribution in [3.05, 3.63) is 22.7 Å². The van der Waals surface area contributed by atoms with Crippen molar-refractivity contribution in [3.63, 3.8) is 0 Å². The van der Waals surface area contributed by atoms with Gasteiger partial charge in [-0.15, -0.1) is 0 Å². The molecule has 4 nitrogen and oxygen atoms in total. The van der Waals surface area contributed by atoms with Crippen LogP contribution in [-0.4, -0.2) is 33.9 Å². The highest BCUT2D eigenvalue weighted by Crippen LogP contribution is 2.09. The van der Waals surface area contributed by atoms with Gasteiger partial charge in [-0.1, -0.05) is 11.6 Å². The SMILES string of the molecule is CCN(CC)C(=O)c1cc(Cl)nc(C)n1. The van der Waals surface area contributed by atoms with Crippen LogP contribution in [0.5, 0.6) is 0 Å². The minimum atomic E-state index is -0.104. The summed E-state index contributed by atoms with van der Waals surface area (Å²) in [4.78, 5) is 21.6. The topological polar surface area (TPSA) is 46.1 Å². The van der Waals surface area contributed by atoms with Gasteiger partial charge in [0.1, 0.15) is 16.7 Å². The highest BCUT2D eigenvalue weighted by atomic mass is 35.5. The molecule has 0 radical (unpaired) electrons. The van der Waals surface area contributed by atoms with Gasteiger partial charge in [-0.3, -0.25) is 4.79 Å². The number of halogens is 1. The quantitative estimate of drug-likeness (QED) is 0.742. The fourth-order valence-corrected chi connectivity index (χ4v) is 1.54. The summed E-state index contributed by atoms with van der Waals surface area (Å²) in [7, 11) is 0. The lowest BCUT2D eigenvalue weighted by molar-refractivity contribution is 0.0766. The van der Waals surface area contributed by atoms with Crippen molar-refractivity contribution in [2.75, 3.05) is 13.1 Å². The Kier molecular flexibility index (Phi) is 4.03. The Balaban J connectivity index is 3.00. The first-order valence-corrected chi connectivity index (χ1v) is 5.26. The molecule has 0 aromatic carbocycles. The lowest BCUT2D eigenvalue weighted by Gasteiger charge is -2.17. The molecule has 1 aromatic rings. The lowest BCUT2D eigenvalue weighted by Crippen LogP contribution is -2.31. The minimum Gasteiger partial charge on any atom is -0.338 e. The van der Waals surface area contributed by atoms with Crippen LogP contribution in [0.2, 0.25) is 5.15 Å². The molecule has 0 N–H and O–H groups in total. The van der Waals surface area contributed by atoms with E-state index in [1.165, 1.54) is 6.07 Å². The Hall–Kier alpha value is -1.16. The number of aromatic nitrogens is 2. The molecule has 0 aliphatic heterocycles. The molecule has 0 spiro atoms. The summed E-state index contributed by atoms with van der Waals surface area (Å²) in [5.41, 5.74) is 0.358. The van der Waals surface area contributed by atoms with Crippen molar-refractivity contribution in [2.24, 2.45) is 0 Å². The molecule has 0 fully saturated rings. The predicted octanol–water partition coefficient (Wildman–Crippen LogP) is 1.92. The highest BCUT2D eigenvalue weighted by Gasteiger charge is 2.15. The summed E-state index contributed by atoms with van der Waals surface area (Å²) < 4.78 is 0. The molecule has 0 saturated heterocycles. The van der Waals surface area contributed by atoms with Crippen LogP contribution in [0.1, 0.15) is 30.2 Å². The summed E-state index contributed by atoms with van der Waals surface area (Å²) in [6.45, 7) is 6.89. The zero-order chi connectivity index (χ0) is 11.4. The molecule has 0 aliphatic carbocycles. The van der Waals surface area contributed by atoms with E-state index >= 15 is 0 Å². The Morgan fingerprint density at radius 3 is 2.47 bits per heavy atom. The molecule has 0 saturated carbocycles. The monoisotopic (exact) mass is 227 g/mol. The van der Waals surface area contributed by atoms with Crippen molar-refractivity contribution in [3.8, 4) is 0 Å². The number of hydrogen-bond acceptors (Lipinski definition) is 3. The van der Waals surface area contributed by atoms with Crippen LogP contribution < -0.4 is 0 Å². The maximum Gasteiger partial charge on any atom is 0.272 e. The van der Waals surface area contributed by atoms with Gasteiger partial charge in [0.2, 0.25) is 0 Å². The maximum absolute atomic E-state index is 11.9. The van der Waals surface area contributed by atoms with Gasteiger partial charge in [0.05, 0.1) is 0 Å². The Morgan fingerprint density at radius 2 is 2.00 bits per heavy atom. The van der Waals surface area contributed by atoms with Gasteiger partial charge < -0.3 is 4.90 Å². The molecule has 1 heterocycles. The number of nitrogens with zero attached hydrogens (tertiary/aromatic N) is 3. The van der Waals surface area contributed by atoms with Crippen molar-refractivity contribution in [1.29, 1.82) is 0 Å². The smallest absolute Gasteiger partial charge is 0.272 e. The molecule has 0 aliphatic rings. The van der Waals surface area contributed by atoms with Gasteiger partial charge in [0.25, 0.3) is 5.91 Å². The van der Waals surface area contributed by atoms with Gasteiger partial charge in [-0.05, 0) is 20.8 Å². The summed E-state index contributed by atoms with van der Waals surface area (Å²) in [5, 5.41) is 0.304. The first kappa shape index (κ1) is 11.9. The molecule has 1 amide bonds. The predicted molar refractivity (Wildman–Crippen MR) is 59.0 cm³/mol. The van der Waals surface area contributed by atoms with E-state index < -0.39 is 0 Å². The van der Waals surface area contributed by atoms with Crippen molar-refractivity contribution in [1.82, 2.24) is 14.9 Å². The van der Waals surface area contributed by atoms with E-state index in [1.807, 2.05) is 13.8 Å². The first-order valence-electron chi connectivity index (χ1n) is 4.89. The standard InChI is InChI=1S/C10H14ClN3O/c1-4-14(5-2)10(15)8-6-9(11)13-7(3)12-8/h6H,4-5H2,1-3H3. The van der Waals surface area contributed by atoms with Gasteiger partial charge in [-0.25, -0.2) is 9.97 Å². The van der Waals surface area contributed by atoms with Gasteiger partial charge in [0.15, 0.2) is 0 Å². The van der Waals surface area contributed by atoms with Crippen LogP contribution in [0.4, 0.5) is 0 Å². The second-order valence-electron chi connectivity index (χ2n) is 3.10. The van der Waals surface area contributed by atoms with Crippen LogP contribution in [0.3, 0.4) is 0 Å². The van der Waals surface area contributed by atoms with E-state index in [1.54, 1.807) is 11.8 Å². The van der Waals surface area contributed by atoms with Crippen LogP contribution in [-0.2, 0) is 0 Å². The second kappa shape index (κ2) is 5.07. The molecule has 15 heavy (non-hydrogen) atoms. The van der Waals surface area contributed by atoms with E-state index in [4.69, 9.17) is 11.6 Å². The van der Waals surface area contributed by atoms with E-state index in [2.05, 4.69) is 9.97 Å². The third-order valence-corrected chi connectivity index (χ3v) is 2.27. The Bertz CT molecular complexity index is 343. The van der Waals surface area contributed by atoms with E-state index in [9.17, 15) is 4.79 Å². The summed E-state index contributed by atoms with van der Waals surface area (Å²) in [6, 6.07) is 1.50. The number of carbonyl (C=O) groups is 1. The summed E-state index contributed by atoms with van der Waals surface area (Å²) in [6.07, 6.45) is 0. The molecule has 82 valence electrons. The Labute approximate surface area is 94.3 Å². The van der Waals surface area contributed by atoms with Crippen LogP contribution in [0.25, 0.3) is 0 Å². The number of hydrogen-bond donors (Lipinski definition) is 0. The minimum absolute atomic E-state index is 0.104. The molecule has 1 rings (SSSR count). The largest absolute Gasteiger partial charge is 0.338 e. The fourth-order valence-electron chi connectivity index (χ4n) is 1.31. The van der Waals surface area contributed by atoms with Crippen LogP contribution in [0.15, 0.2) is 6.07 Å². The van der Waals surface area contributed by atoms with Gasteiger partial charge in [0, 0.05) is 19.2 Å². The third-order valence-electron chi connectivity index (χ3n) is 2.08. The molecule has 5 heteroatoms. The average Bonchev–Trinajstić information content (AvgIpc) is 2.18. The first-order chi connectivity index (χ1) is 7.08. The van der Waals surface area contributed by atoms with E-state index in [0.29, 0.717) is 29.8 Å². The molecule has 0 unspecified atom stereocenters. The molecular weight excluding hydrogens is 214 g/mol. The van der Waals surface area contributed by atoms with Gasteiger partial charge >= 0.3 is 0 Å². The van der Waals surface area contributed by atoms with Crippen molar-refractivity contribution in [2.45, 2.75) is 20.8 Å². The number of rotatable bonds is 3. The molecular formula is C10H14ClN3O. The number of carbonyl (C=O) groups excluding carboxylic acids is 1. The number of aryl methyl sites for hydroxylation is 1. The van der Waals surface area contributed by atoms with Crippen LogP contribution >= 0.6 is 11.6 Å². The zero-order valence-corrected chi connectivity index (χ0v) is 9.88. The highest BCUT2D eigenvalue weighted by molar-refractivity contribution is 6.29.